The van der Waals surface area contributed by atoms with E-state index in [1.54, 1.807) is 41.3 Å². The van der Waals surface area contributed by atoms with E-state index >= 15 is 0 Å². The molecule has 5 rings (SSSR count). The second kappa shape index (κ2) is 11.1. The van der Waals surface area contributed by atoms with Gasteiger partial charge in [0, 0.05) is 37.2 Å². The molecule has 0 N–H and O–H groups in total. The molecule has 196 valence electrons. The van der Waals surface area contributed by atoms with Crippen LogP contribution in [0.5, 0.6) is 0 Å². The number of piperazine rings is 1. The van der Waals surface area contributed by atoms with Crippen LogP contribution in [0.15, 0.2) is 99.1 Å². The Morgan fingerprint density at radius 3 is 2.16 bits per heavy atom. The van der Waals surface area contributed by atoms with Gasteiger partial charge in [0.15, 0.2) is 0 Å². The van der Waals surface area contributed by atoms with Crippen LogP contribution >= 0.6 is 15.9 Å². The van der Waals surface area contributed by atoms with Crippen molar-refractivity contribution in [1.29, 1.82) is 0 Å². The molecule has 1 saturated heterocycles. The van der Waals surface area contributed by atoms with Crippen molar-refractivity contribution in [3.8, 4) is 0 Å². The van der Waals surface area contributed by atoms with Gasteiger partial charge in [-0.25, -0.2) is 13.2 Å². The van der Waals surface area contributed by atoms with Crippen molar-refractivity contribution in [3.63, 3.8) is 0 Å². The highest BCUT2D eigenvalue weighted by molar-refractivity contribution is 9.10. The van der Waals surface area contributed by atoms with Crippen LogP contribution in [-0.2, 0) is 21.4 Å². The van der Waals surface area contributed by atoms with Crippen molar-refractivity contribution in [2.45, 2.75) is 11.4 Å². The van der Waals surface area contributed by atoms with Gasteiger partial charge in [-0.3, -0.25) is 14.3 Å². The quantitative estimate of drug-likeness (QED) is 0.326. The first kappa shape index (κ1) is 26.1. The number of imidazole rings is 1. The molecule has 1 fully saturated rings. The van der Waals surface area contributed by atoms with E-state index in [4.69, 9.17) is 0 Å². The lowest BCUT2D eigenvalue weighted by molar-refractivity contribution is -0.133. The molecule has 3 aromatic carbocycles. The van der Waals surface area contributed by atoms with Gasteiger partial charge in [0.05, 0.1) is 15.9 Å². The maximum atomic E-state index is 13.4. The number of aromatic nitrogens is 2. The molecule has 0 aliphatic carbocycles. The Hall–Kier alpha value is -3.47. The Kier molecular flexibility index (Phi) is 7.64. The summed E-state index contributed by atoms with van der Waals surface area (Å²) in [5.41, 5.74) is 1.03. The summed E-state index contributed by atoms with van der Waals surface area (Å²) in [6.45, 7) is 3.10. The monoisotopic (exact) mass is 594 g/mol. The number of nitrogens with zero attached hydrogens (tertiary/aromatic N) is 4. The van der Waals surface area contributed by atoms with Crippen molar-refractivity contribution in [1.82, 2.24) is 18.3 Å². The van der Waals surface area contributed by atoms with E-state index < -0.39 is 15.7 Å². The second-order valence-electron chi connectivity index (χ2n) is 9.08. The van der Waals surface area contributed by atoms with Gasteiger partial charge >= 0.3 is 5.69 Å². The molecule has 0 spiro atoms. The van der Waals surface area contributed by atoms with E-state index in [-0.39, 0.29) is 22.9 Å². The zero-order valence-corrected chi connectivity index (χ0v) is 23.0. The van der Waals surface area contributed by atoms with Crippen molar-refractivity contribution in [2.75, 3.05) is 32.7 Å². The van der Waals surface area contributed by atoms with E-state index in [2.05, 4.69) is 45.1 Å². The summed E-state index contributed by atoms with van der Waals surface area (Å²) in [7, 11) is -4.16. The number of fused-ring (bicyclic) bond motifs is 1. The van der Waals surface area contributed by atoms with Crippen LogP contribution in [0.2, 0.25) is 0 Å². The van der Waals surface area contributed by atoms with E-state index in [9.17, 15) is 18.0 Å². The highest BCUT2D eigenvalue weighted by atomic mass is 79.9. The van der Waals surface area contributed by atoms with Gasteiger partial charge < -0.3 is 4.90 Å². The lowest BCUT2D eigenvalue weighted by Gasteiger charge is -2.34. The third kappa shape index (κ3) is 5.38. The van der Waals surface area contributed by atoms with Crippen LogP contribution < -0.4 is 5.69 Å². The van der Waals surface area contributed by atoms with Gasteiger partial charge in [-0.2, -0.15) is 3.97 Å². The van der Waals surface area contributed by atoms with Gasteiger partial charge in [0.25, 0.3) is 10.0 Å². The highest BCUT2D eigenvalue weighted by Gasteiger charge is 2.27. The molecule has 38 heavy (non-hydrogen) atoms. The molecule has 4 aromatic rings. The SMILES string of the molecule is O=C(Cn1c(=O)n(S(=O)(=O)c2ccc(Br)cc2)c2ccccc21)N1CCN(C/C=C/c2ccccc2)CC1. The Labute approximate surface area is 229 Å². The lowest BCUT2D eigenvalue weighted by atomic mass is 10.2. The third-order valence-corrected chi connectivity index (χ3v) is 8.87. The molecule has 1 aliphatic rings. The number of rotatable bonds is 7. The van der Waals surface area contributed by atoms with Gasteiger partial charge in [-0.15, -0.1) is 0 Å². The first-order valence-electron chi connectivity index (χ1n) is 12.3. The van der Waals surface area contributed by atoms with E-state index in [1.807, 2.05) is 18.2 Å². The van der Waals surface area contributed by atoms with Gasteiger partial charge in [0.1, 0.15) is 6.54 Å². The average molecular weight is 596 g/mol. The molecule has 8 nitrogen and oxygen atoms in total. The normalized spacial score (nSPS) is 14.9. The van der Waals surface area contributed by atoms with Crippen LogP contribution in [0.3, 0.4) is 0 Å². The fourth-order valence-corrected chi connectivity index (χ4v) is 6.27. The number of carbonyl (C=O) groups is 1. The lowest BCUT2D eigenvalue weighted by Crippen LogP contribution is -2.50. The molecule has 0 atom stereocenters. The first-order valence-corrected chi connectivity index (χ1v) is 14.5. The number of benzene rings is 3. The Bertz CT molecular complexity index is 1640. The summed E-state index contributed by atoms with van der Waals surface area (Å²) < 4.78 is 29.6. The van der Waals surface area contributed by atoms with E-state index in [1.165, 1.54) is 16.7 Å². The second-order valence-corrected chi connectivity index (χ2v) is 11.8. The van der Waals surface area contributed by atoms with E-state index in [0.717, 1.165) is 33.6 Å². The van der Waals surface area contributed by atoms with Gasteiger partial charge in [-0.05, 0) is 42.0 Å². The van der Waals surface area contributed by atoms with Crippen LogP contribution in [0.4, 0.5) is 0 Å². The molecule has 0 unspecified atom stereocenters. The highest BCUT2D eigenvalue weighted by Crippen LogP contribution is 2.21. The van der Waals surface area contributed by atoms with Crippen molar-refractivity contribution < 1.29 is 13.2 Å². The summed E-state index contributed by atoms with van der Waals surface area (Å²) in [5.74, 6) is -0.212. The van der Waals surface area contributed by atoms with E-state index in [0.29, 0.717) is 18.6 Å². The third-order valence-electron chi connectivity index (χ3n) is 6.64. The fraction of sp³-hybridized carbons (Fsp3) is 0.214. The smallest absolute Gasteiger partial charge is 0.339 e. The standard InChI is InChI=1S/C28H27BrN4O4S/c29-23-12-14-24(15-13-23)38(36,37)33-26-11-5-4-10-25(26)32(28(33)35)21-27(34)31-19-17-30(18-20-31)16-6-9-22-7-2-1-3-8-22/h1-15H,16-21H2/b9-6+. The van der Waals surface area contributed by atoms with Crippen molar-refractivity contribution in [2.24, 2.45) is 0 Å². The largest absolute Gasteiger partial charge is 0.343 e. The molecule has 1 aliphatic heterocycles. The molecule has 0 saturated carbocycles. The number of hydrogen-bond donors (Lipinski definition) is 0. The molecule has 1 aromatic heterocycles. The van der Waals surface area contributed by atoms with Crippen molar-refractivity contribution in [3.05, 3.63) is 105 Å². The molecular weight excluding hydrogens is 568 g/mol. The Balaban J connectivity index is 1.31. The van der Waals surface area contributed by atoms with Gasteiger partial charge in [-0.1, -0.05) is 70.5 Å². The minimum atomic E-state index is -4.16. The number of amides is 1. The topological polar surface area (TPSA) is 84.6 Å². The molecule has 2 heterocycles. The molecule has 0 bridgehead atoms. The summed E-state index contributed by atoms with van der Waals surface area (Å²) >= 11 is 3.30. The molecule has 0 radical (unpaired) electrons. The fourth-order valence-electron chi connectivity index (χ4n) is 4.59. The maximum Gasteiger partial charge on any atom is 0.343 e. The molecular formula is C28H27BrN4O4S. The van der Waals surface area contributed by atoms with Crippen LogP contribution in [0, 0.1) is 0 Å². The zero-order chi connectivity index (χ0) is 26.7. The summed E-state index contributed by atoms with van der Waals surface area (Å²) in [6.07, 6.45) is 4.20. The minimum Gasteiger partial charge on any atom is -0.339 e. The Morgan fingerprint density at radius 1 is 0.842 bits per heavy atom. The average Bonchev–Trinajstić information content (AvgIpc) is 3.21. The van der Waals surface area contributed by atoms with Crippen LogP contribution in [0.25, 0.3) is 17.1 Å². The zero-order valence-electron chi connectivity index (χ0n) is 20.6. The number of para-hydroxylation sites is 2. The first-order chi connectivity index (χ1) is 18.3. The summed E-state index contributed by atoms with van der Waals surface area (Å²) in [4.78, 5) is 30.6. The van der Waals surface area contributed by atoms with Crippen molar-refractivity contribution >= 4 is 49.0 Å². The van der Waals surface area contributed by atoms with Crippen LogP contribution in [0.1, 0.15) is 5.56 Å². The summed E-state index contributed by atoms with van der Waals surface area (Å²) in [6, 6.07) is 22.8. The predicted molar refractivity (Wildman–Crippen MR) is 151 cm³/mol. The predicted octanol–water partition coefficient (Wildman–Crippen LogP) is 3.66. The number of halogens is 1. The Morgan fingerprint density at radius 2 is 1.47 bits per heavy atom. The molecule has 10 heteroatoms. The number of carbonyl (C=O) groups excluding carboxylic acids is 1. The minimum absolute atomic E-state index is 0.00512. The van der Waals surface area contributed by atoms with Crippen LogP contribution in [-0.4, -0.2) is 65.4 Å². The summed E-state index contributed by atoms with van der Waals surface area (Å²) in [5, 5.41) is 0. The maximum absolute atomic E-state index is 13.4. The number of hydrogen-bond acceptors (Lipinski definition) is 5. The molecule has 1 amide bonds. The van der Waals surface area contributed by atoms with Gasteiger partial charge in [0.2, 0.25) is 5.91 Å².